The highest BCUT2D eigenvalue weighted by Crippen LogP contribution is 2.28. The molecule has 0 spiro atoms. The predicted molar refractivity (Wildman–Crippen MR) is 123 cm³/mol. The van der Waals surface area contributed by atoms with E-state index in [0.717, 1.165) is 5.56 Å². The molecule has 0 saturated heterocycles. The van der Waals surface area contributed by atoms with Gasteiger partial charge >= 0.3 is 0 Å². The number of aromatic nitrogens is 1. The summed E-state index contributed by atoms with van der Waals surface area (Å²) in [7, 11) is 0. The van der Waals surface area contributed by atoms with Gasteiger partial charge in [0.15, 0.2) is 11.7 Å². The summed E-state index contributed by atoms with van der Waals surface area (Å²) in [4.78, 5) is 31.6. The van der Waals surface area contributed by atoms with Gasteiger partial charge in [0.2, 0.25) is 5.91 Å². The summed E-state index contributed by atoms with van der Waals surface area (Å²) in [5, 5.41) is 20.1. The number of rotatable bonds is 7. The molecular weight excluding hydrogens is 406 g/mol. The number of benzene rings is 3. The van der Waals surface area contributed by atoms with E-state index < -0.39 is 5.91 Å². The maximum absolute atomic E-state index is 12.9. The Balaban J connectivity index is 1.62. The van der Waals surface area contributed by atoms with Gasteiger partial charge < -0.3 is 20.9 Å². The number of nitrogens with zero attached hydrogens (tertiary/aromatic N) is 1. The molecule has 0 aliphatic rings. The smallest absolute Gasteiger partial charge is 0.248 e. The van der Waals surface area contributed by atoms with Crippen molar-refractivity contribution < 1.29 is 19.8 Å². The molecule has 0 fully saturated rings. The zero-order valence-electron chi connectivity index (χ0n) is 17.1. The molecule has 0 unspecified atom stereocenters. The third-order valence-corrected chi connectivity index (χ3v) is 5.17. The summed E-state index contributed by atoms with van der Waals surface area (Å²) < 4.78 is 0. The lowest BCUT2D eigenvalue weighted by atomic mass is 10.00. The lowest BCUT2D eigenvalue weighted by Crippen LogP contribution is -2.12. The van der Waals surface area contributed by atoms with E-state index in [4.69, 9.17) is 10.8 Å². The number of nitrogens with two attached hydrogens (primary N) is 1. The van der Waals surface area contributed by atoms with Crippen molar-refractivity contribution in [3.63, 3.8) is 0 Å². The van der Waals surface area contributed by atoms with Crippen LogP contribution in [0.2, 0.25) is 0 Å². The first kappa shape index (κ1) is 21.0. The van der Waals surface area contributed by atoms with Crippen LogP contribution in [-0.2, 0) is 6.42 Å². The highest BCUT2D eigenvalue weighted by Gasteiger charge is 2.15. The third kappa shape index (κ3) is 4.28. The lowest BCUT2D eigenvalue weighted by molar-refractivity contribution is 0.1000. The minimum absolute atomic E-state index is 0.0547. The van der Waals surface area contributed by atoms with Crippen LogP contribution in [0.1, 0.15) is 37.4 Å². The van der Waals surface area contributed by atoms with Gasteiger partial charge in [-0.2, -0.15) is 0 Å². The molecule has 0 bridgehead atoms. The van der Waals surface area contributed by atoms with Crippen LogP contribution in [-0.4, -0.2) is 39.7 Å². The number of carbonyl (C=O) groups is 2. The van der Waals surface area contributed by atoms with Crippen molar-refractivity contribution in [1.82, 2.24) is 4.98 Å². The highest BCUT2D eigenvalue weighted by atomic mass is 16.3. The number of aliphatic hydroxyl groups excluding tert-OH is 1. The summed E-state index contributed by atoms with van der Waals surface area (Å²) in [6.45, 7) is 0.0902. The van der Waals surface area contributed by atoms with Crippen molar-refractivity contribution in [2.45, 2.75) is 6.42 Å². The van der Waals surface area contributed by atoms with Crippen LogP contribution in [0, 0.1) is 0 Å². The van der Waals surface area contributed by atoms with Crippen molar-refractivity contribution in [1.29, 1.82) is 0 Å². The molecule has 7 heteroatoms. The zero-order chi connectivity index (χ0) is 22.7. The quantitative estimate of drug-likeness (QED) is 0.266. The molecule has 4 rings (SSSR count). The van der Waals surface area contributed by atoms with E-state index in [1.165, 1.54) is 6.07 Å². The molecule has 7 nitrogen and oxygen atoms in total. The lowest BCUT2D eigenvalue weighted by Gasteiger charge is -2.03. The topological polar surface area (TPSA) is 129 Å². The number of H-pyrrole nitrogens is 1. The summed E-state index contributed by atoms with van der Waals surface area (Å²) in [6, 6.07) is 18.8. The maximum atomic E-state index is 12.9. The number of fused-ring (bicyclic) bond motifs is 1. The molecule has 0 aliphatic carbocycles. The summed E-state index contributed by atoms with van der Waals surface area (Å²) in [5.74, 6) is -0.917. The average molecular weight is 427 g/mol. The van der Waals surface area contributed by atoms with Crippen LogP contribution in [0.5, 0.6) is 5.88 Å². The van der Waals surface area contributed by atoms with E-state index in [2.05, 4.69) is 9.98 Å². The molecule has 0 radical (unpaired) electrons. The van der Waals surface area contributed by atoms with Crippen molar-refractivity contribution in [3.05, 3.63) is 94.5 Å². The summed E-state index contributed by atoms with van der Waals surface area (Å²) >= 11 is 0. The normalized spacial score (nSPS) is 11.3. The number of ketones is 1. The van der Waals surface area contributed by atoms with Crippen LogP contribution < -0.4 is 5.73 Å². The van der Waals surface area contributed by atoms with Gasteiger partial charge in [-0.1, -0.05) is 36.4 Å². The monoisotopic (exact) mass is 427 g/mol. The van der Waals surface area contributed by atoms with E-state index >= 15 is 0 Å². The number of amides is 1. The standard InChI is InChI=1S/C25H21N3O4/c26-24(31)18-3-1-2-16(12-18)23(30)17-6-9-20-21(25(32)28-22(20)13-17)14-27-19-7-4-15(5-8-19)10-11-29/h1-9,12-14,28-29,32H,10-11H2,(H2,26,31). The summed E-state index contributed by atoms with van der Waals surface area (Å²) in [6.07, 6.45) is 2.15. The maximum Gasteiger partial charge on any atom is 0.248 e. The molecular formula is C25H21N3O4. The van der Waals surface area contributed by atoms with Gasteiger partial charge in [-0.3, -0.25) is 14.6 Å². The number of aromatic hydroxyl groups is 1. The third-order valence-electron chi connectivity index (χ3n) is 5.17. The van der Waals surface area contributed by atoms with Gasteiger partial charge in [0.05, 0.1) is 11.3 Å². The SMILES string of the molecule is NC(=O)c1cccc(C(=O)c2ccc3c(C=Nc4ccc(CCO)cc4)c(O)[nH]c3c2)c1. The van der Waals surface area contributed by atoms with Crippen LogP contribution in [0.15, 0.2) is 71.7 Å². The fourth-order valence-electron chi connectivity index (χ4n) is 3.47. The molecule has 4 aromatic rings. The second-order valence-electron chi connectivity index (χ2n) is 7.32. The Morgan fingerprint density at radius 2 is 1.69 bits per heavy atom. The van der Waals surface area contributed by atoms with Gasteiger partial charge in [0.1, 0.15) is 0 Å². The number of aliphatic hydroxyl groups is 1. The Bertz CT molecular complexity index is 1340. The van der Waals surface area contributed by atoms with Gasteiger partial charge in [-0.15, -0.1) is 0 Å². The highest BCUT2D eigenvalue weighted by molar-refractivity contribution is 6.12. The van der Waals surface area contributed by atoms with E-state index in [1.54, 1.807) is 42.6 Å². The van der Waals surface area contributed by atoms with E-state index in [0.29, 0.717) is 39.7 Å². The fraction of sp³-hybridized carbons (Fsp3) is 0.0800. The first-order valence-electron chi connectivity index (χ1n) is 9.99. The Hall–Kier alpha value is -4.23. The van der Waals surface area contributed by atoms with Gasteiger partial charge in [0.25, 0.3) is 0 Å². The van der Waals surface area contributed by atoms with Gasteiger partial charge in [-0.25, -0.2) is 0 Å². The average Bonchev–Trinajstić information content (AvgIpc) is 3.12. The first-order chi connectivity index (χ1) is 15.5. The molecule has 1 amide bonds. The molecule has 1 heterocycles. The Morgan fingerprint density at radius 3 is 2.41 bits per heavy atom. The van der Waals surface area contributed by atoms with Gasteiger partial charge in [-0.05, 0) is 42.3 Å². The molecule has 0 atom stereocenters. The molecule has 0 aliphatic heterocycles. The van der Waals surface area contributed by atoms with E-state index in [1.807, 2.05) is 24.3 Å². The van der Waals surface area contributed by atoms with Crippen LogP contribution in [0.4, 0.5) is 5.69 Å². The van der Waals surface area contributed by atoms with E-state index in [9.17, 15) is 14.7 Å². The van der Waals surface area contributed by atoms with Crippen LogP contribution >= 0.6 is 0 Å². The molecule has 3 aromatic carbocycles. The minimum Gasteiger partial charge on any atom is -0.494 e. The number of carbonyl (C=O) groups excluding carboxylic acids is 2. The Labute approximate surface area is 183 Å². The molecule has 0 saturated carbocycles. The molecule has 1 aromatic heterocycles. The molecule has 160 valence electrons. The number of hydrogen-bond donors (Lipinski definition) is 4. The second kappa shape index (κ2) is 8.87. The van der Waals surface area contributed by atoms with Crippen molar-refractivity contribution in [2.75, 3.05) is 6.61 Å². The van der Waals surface area contributed by atoms with Gasteiger partial charge in [0, 0.05) is 40.4 Å². The predicted octanol–water partition coefficient (Wildman–Crippen LogP) is 3.49. The van der Waals surface area contributed by atoms with Crippen molar-refractivity contribution in [2.24, 2.45) is 10.7 Å². The Morgan fingerprint density at radius 1 is 0.969 bits per heavy atom. The fourth-order valence-corrected chi connectivity index (χ4v) is 3.47. The first-order valence-corrected chi connectivity index (χ1v) is 9.99. The van der Waals surface area contributed by atoms with Crippen LogP contribution in [0.3, 0.4) is 0 Å². The molecule has 5 N–H and O–H groups in total. The van der Waals surface area contributed by atoms with Crippen molar-refractivity contribution >= 4 is 34.5 Å². The molecule has 32 heavy (non-hydrogen) atoms. The number of primary amides is 1. The summed E-state index contributed by atoms with van der Waals surface area (Å²) in [5.41, 5.74) is 9.13. The number of nitrogens with one attached hydrogen (secondary N) is 1. The zero-order valence-corrected chi connectivity index (χ0v) is 17.1. The Kier molecular flexibility index (Phi) is 5.83. The number of hydrogen-bond acceptors (Lipinski definition) is 5. The minimum atomic E-state index is -0.601. The number of aromatic amines is 1. The second-order valence-corrected chi connectivity index (χ2v) is 7.32. The van der Waals surface area contributed by atoms with Crippen LogP contribution in [0.25, 0.3) is 10.9 Å². The number of aliphatic imine (C=N–C) groups is 1. The van der Waals surface area contributed by atoms with Crippen molar-refractivity contribution in [3.8, 4) is 5.88 Å². The largest absolute Gasteiger partial charge is 0.494 e. The van der Waals surface area contributed by atoms with E-state index in [-0.39, 0.29) is 23.8 Å².